The molecule has 5 heteroatoms. The number of aromatic nitrogens is 2. The Morgan fingerprint density at radius 2 is 1.78 bits per heavy atom. The summed E-state index contributed by atoms with van der Waals surface area (Å²) in [6.07, 6.45) is 5.10. The highest BCUT2D eigenvalue weighted by molar-refractivity contribution is 5.92. The first-order chi connectivity index (χ1) is 13.2. The Labute approximate surface area is 159 Å². The van der Waals surface area contributed by atoms with Gasteiger partial charge < -0.3 is 10.6 Å². The van der Waals surface area contributed by atoms with E-state index in [0.717, 1.165) is 59.1 Å². The number of benzene rings is 2. The molecule has 2 aromatic carbocycles. The van der Waals surface area contributed by atoms with Crippen LogP contribution in [-0.4, -0.2) is 28.9 Å². The molecule has 3 heterocycles. The molecule has 0 unspecified atom stereocenters. The van der Waals surface area contributed by atoms with Crippen molar-refractivity contribution in [2.75, 3.05) is 18.0 Å². The van der Waals surface area contributed by atoms with Gasteiger partial charge in [-0.3, -0.25) is 4.98 Å². The van der Waals surface area contributed by atoms with Gasteiger partial charge in [-0.05, 0) is 53.6 Å². The summed E-state index contributed by atoms with van der Waals surface area (Å²) in [6, 6.07) is 12.6. The molecule has 1 aromatic heterocycles. The van der Waals surface area contributed by atoms with E-state index in [1.165, 1.54) is 18.4 Å². The SMILES string of the molecule is CC1CCN(c2cnc3ccc(-c4ccc5c(c4)N=C(N)C5)cc3n2)CC1. The quantitative estimate of drug-likeness (QED) is 0.750. The Morgan fingerprint density at radius 1 is 1.00 bits per heavy atom. The van der Waals surface area contributed by atoms with Crippen molar-refractivity contribution in [3.63, 3.8) is 0 Å². The molecule has 1 fully saturated rings. The van der Waals surface area contributed by atoms with Gasteiger partial charge in [0.25, 0.3) is 0 Å². The van der Waals surface area contributed by atoms with Crippen molar-refractivity contribution in [1.82, 2.24) is 9.97 Å². The number of amidine groups is 1. The van der Waals surface area contributed by atoms with Crippen LogP contribution in [0.4, 0.5) is 11.5 Å². The van der Waals surface area contributed by atoms with Gasteiger partial charge in [-0.1, -0.05) is 25.1 Å². The van der Waals surface area contributed by atoms with Crippen molar-refractivity contribution in [2.45, 2.75) is 26.2 Å². The second-order valence-electron chi connectivity index (χ2n) is 7.72. The summed E-state index contributed by atoms with van der Waals surface area (Å²) in [6.45, 7) is 4.44. The highest BCUT2D eigenvalue weighted by Gasteiger charge is 2.18. The molecule has 27 heavy (non-hydrogen) atoms. The first-order valence-electron chi connectivity index (χ1n) is 9.64. The zero-order valence-electron chi connectivity index (χ0n) is 15.5. The molecule has 3 aromatic rings. The number of nitrogens with two attached hydrogens (primary N) is 1. The highest BCUT2D eigenvalue weighted by Crippen LogP contribution is 2.32. The van der Waals surface area contributed by atoms with Crippen molar-refractivity contribution < 1.29 is 0 Å². The van der Waals surface area contributed by atoms with E-state index >= 15 is 0 Å². The Kier molecular flexibility index (Phi) is 3.81. The maximum absolute atomic E-state index is 5.87. The van der Waals surface area contributed by atoms with E-state index in [4.69, 9.17) is 10.7 Å². The number of anilines is 1. The third-order valence-corrected chi connectivity index (χ3v) is 5.69. The fraction of sp³-hybridized carbons (Fsp3) is 0.318. The minimum atomic E-state index is 0.687. The smallest absolute Gasteiger partial charge is 0.147 e. The van der Waals surface area contributed by atoms with Crippen LogP contribution in [0.25, 0.3) is 22.2 Å². The molecule has 0 spiro atoms. The Hall–Kier alpha value is -2.95. The van der Waals surface area contributed by atoms with Gasteiger partial charge in [0.15, 0.2) is 0 Å². The number of hydrogen-bond acceptors (Lipinski definition) is 5. The van der Waals surface area contributed by atoms with Crippen LogP contribution < -0.4 is 10.6 Å². The first-order valence-corrected chi connectivity index (χ1v) is 9.64. The molecule has 1 saturated heterocycles. The van der Waals surface area contributed by atoms with E-state index in [0.29, 0.717) is 5.84 Å². The number of aliphatic imine (C=N–C) groups is 1. The van der Waals surface area contributed by atoms with Gasteiger partial charge in [-0.15, -0.1) is 0 Å². The molecule has 0 bridgehead atoms. The fourth-order valence-electron chi connectivity index (χ4n) is 3.96. The zero-order valence-corrected chi connectivity index (χ0v) is 15.5. The molecule has 5 rings (SSSR count). The minimum Gasteiger partial charge on any atom is -0.387 e. The van der Waals surface area contributed by atoms with Crippen LogP contribution in [0.1, 0.15) is 25.3 Å². The third kappa shape index (κ3) is 3.03. The molecule has 5 nitrogen and oxygen atoms in total. The number of hydrogen-bond donors (Lipinski definition) is 1. The van der Waals surface area contributed by atoms with E-state index in [1.807, 2.05) is 12.3 Å². The van der Waals surface area contributed by atoms with Crippen molar-refractivity contribution in [2.24, 2.45) is 16.6 Å². The lowest BCUT2D eigenvalue weighted by Gasteiger charge is -2.31. The highest BCUT2D eigenvalue weighted by atomic mass is 15.2. The lowest BCUT2D eigenvalue weighted by Crippen LogP contribution is -2.33. The number of nitrogens with zero attached hydrogens (tertiary/aromatic N) is 4. The van der Waals surface area contributed by atoms with Crippen molar-refractivity contribution in [3.8, 4) is 11.1 Å². The molecule has 2 N–H and O–H groups in total. The van der Waals surface area contributed by atoms with Crippen molar-refractivity contribution in [3.05, 3.63) is 48.2 Å². The average molecular weight is 357 g/mol. The normalized spacial score (nSPS) is 17.2. The van der Waals surface area contributed by atoms with Crippen LogP contribution >= 0.6 is 0 Å². The summed E-state index contributed by atoms with van der Waals surface area (Å²) >= 11 is 0. The van der Waals surface area contributed by atoms with Crippen LogP contribution in [0.2, 0.25) is 0 Å². The topological polar surface area (TPSA) is 67.4 Å². The molecule has 2 aliphatic heterocycles. The molecule has 0 atom stereocenters. The lowest BCUT2D eigenvalue weighted by atomic mass is 9.99. The molecule has 2 aliphatic rings. The first kappa shape index (κ1) is 16.2. The summed E-state index contributed by atoms with van der Waals surface area (Å²) in [4.78, 5) is 16.3. The van der Waals surface area contributed by atoms with Gasteiger partial charge in [0, 0.05) is 19.5 Å². The maximum atomic E-state index is 5.87. The summed E-state index contributed by atoms with van der Waals surface area (Å²) in [7, 11) is 0. The van der Waals surface area contributed by atoms with Gasteiger partial charge in [0.05, 0.1) is 22.9 Å². The van der Waals surface area contributed by atoms with Gasteiger partial charge in [-0.2, -0.15) is 0 Å². The van der Waals surface area contributed by atoms with Gasteiger partial charge >= 0.3 is 0 Å². The number of piperidine rings is 1. The van der Waals surface area contributed by atoms with E-state index in [1.54, 1.807) is 0 Å². The average Bonchev–Trinajstić information content (AvgIpc) is 3.07. The van der Waals surface area contributed by atoms with Crippen LogP contribution in [0.5, 0.6) is 0 Å². The lowest BCUT2D eigenvalue weighted by molar-refractivity contribution is 0.436. The third-order valence-electron chi connectivity index (χ3n) is 5.69. The van der Waals surface area contributed by atoms with Gasteiger partial charge in [0.1, 0.15) is 11.7 Å². The molecule has 136 valence electrons. The van der Waals surface area contributed by atoms with Crippen LogP contribution in [0, 0.1) is 5.92 Å². The van der Waals surface area contributed by atoms with Crippen LogP contribution in [0.15, 0.2) is 47.6 Å². The summed E-state index contributed by atoms with van der Waals surface area (Å²) in [5, 5.41) is 0. The standard InChI is InChI=1S/C22H23N5/c1-14-6-8-27(9-7-14)22-13-24-18-5-4-16(11-20(18)26-22)15-2-3-17-12-21(23)25-19(17)10-15/h2-5,10-11,13-14H,6-9,12H2,1H3,(H2,23,25). The predicted molar refractivity (Wildman–Crippen MR) is 111 cm³/mol. The summed E-state index contributed by atoms with van der Waals surface area (Å²) in [5.41, 5.74) is 12.2. The van der Waals surface area contributed by atoms with Crippen LogP contribution in [0.3, 0.4) is 0 Å². The molecular weight excluding hydrogens is 334 g/mol. The Balaban J connectivity index is 1.50. The minimum absolute atomic E-state index is 0.687. The Bertz CT molecular complexity index is 1050. The predicted octanol–water partition coefficient (Wildman–Crippen LogP) is 4.08. The molecule has 0 saturated carbocycles. The molecule has 0 aliphatic carbocycles. The summed E-state index contributed by atoms with van der Waals surface area (Å²) in [5.74, 6) is 2.47. The van der Waals surface area contributed by atoms with Crippen LogP contribution in [-0.2, 0) is 6.42 Å². The monoisotopic (exact) mass is 357 g/mol. The largest absolute Gasteiger partial charge is 0.387 e. The number of rotatable bonds is 2. The van der Waals surface area contributed by atoms with Crippen molar-refractivity contribution in [1.29, 1.82) is 0 Å². The van der Waals surface area contributed by atoms with Gasteiger partial charge in [-0.25, -0.2) is 9.98 Å². The van der Waals surface area contributed by atoms with Gasteiger partial charge in [0.2, 0.25) is 0 Å². The maximum Gasteiger partial charge on any atom is 0.147 e. The van der Waals surface area contributed by atoms with Crippen molar-refractivity contribution >= 4 is 28.4 Å². The second kappa shape index (κ2) is 6.34. The fourth-order valence-corrected chi connectivity index (χ4v) is 3.96. The van der Waals surface area contributed by atoms with E-state index in [-0.39, 0.29) is 0 Å². The molecule has 0 radical (unpaired) electrons. The summed E-state index contributed by atoms with van der Waals surface area (Å²) < 4.78 is 0. The Morgan fingerprint density at radius 3 is 2.63 bits per heavy atom. The molecule has 0 amide bonds. The van der Waals surface area contributed by atoms with E-state index in [2.05, 4.69) is 52.1 Å². The van der Waals surface area contributed by atoms with E-state index in [9.17, 15) is 0 Å². The molecular formula is C22H23N5. The number of fused-ring (bicyclic) bond motifs is 2. The zero-order chi connectivity index (χ0) is 18.4. The van der Waals surface area contributed by atoms with E-state index < -0.39 is 0 Å². The second-order valence-corrected chi connectivity index (χ2v) is 7.72.